The molecule has 0 atom stereocenters. The number of rotatable bonds is 1. The van der Waals surface area contributed by atoms with Gasteiger partial charge < -0.3 is 0 Å². The molecule has 0 bridgehead atoms. The van der Waals surface area contributed by atoms with Gasteiger partial charge in [-0.25, -0.2) is 8.42 Å². The van der Waals surface area contributed by atoms with Crippen LogP contribution in [0.25, 0.3) is 0 Å². The predicted molar refractivity (Wildman–Crippen MR) is 72.0 cm³/mol. The third-order valence-corrected chi connectivity index (χ3v) is 3.74. The fourth-order valence-corrected chi connectivity index (χ4v) is 2.33. The topological polar surface area (TPSA) is 34.1 Å². The van der Waals surface area contributed by atoms with Crippen molar-refractivity contribution in [2.75, 3.05) is 0 Å². The first-order chi connectivity index (χ1) is 8.58. The summed E-state index contributed by atoms with van der Waals surface area (Å²) in [6.45, 7) is 0. The fraction of sp³-hybridized carbons (Fsp3) is 0. The molecule has 0 unspecified atom stereocenters. The molecule has 0 aliphatic rings. The van der Waals surface area contributed by atoms with E-state index in [1.165, 1.54) is 12.1 Å². The second kappa shape index (κ2) is 5.26. The molecule has 18 heavy (non-hydrogen) atoms. The molecule has 2 aromatic rings. The molecule has 0 amide bonds. The molecule has 90 valence electrons. The number of hydrogen-bond donors (Lipinski definition) is 0. The lowest BCUT2D eigenvalue weighted by Gasteiger charge is -1.95. The summed E-state index contributed by atoms with van der Waals surface area (Å²) in [7, 11) is -3.56. The molecule has 0 aromatic heterocycles. The van der Waals surface area contributed by atoms with Crippen molar-refractivity contribution in [1.82, 2.24) is 0 Å². The average molecular weight is 277 g/mol. The van der Waals surface area contributed by atoms with Crippen LogP contribution in [0.4, 0.5) is 0 Å². The summed E-state index contributed by atoms with van der Waals surface area (Å²) < 4.78 is 23.7. The van der Waals surface area contributed by atoms with Crippen molar-refractivity contribution in [3.63, 3.8) is 0 Å². The van der Waals surface area contributed by atoms with Gasteiger partial charge in [0, 0.05) is 15.8 Å². The van der Waals surface area contributed by atoms with Gasteiger partial charge in [-0.2, -0.15) is 0 Å². The van der Waals surface area contributed by atoms with Crippen molar-refractivity contribution in [1.29, 1.82) is 0 Å². The van der Waals surface area contributed by atoms with Crippen LogP contribution in [0.1, 0.15) is 5.56 Å². The molecule has 0 saturated heterocycles. The van der Waals surface area contributed by atoms with Crippen LogP contribution in [0.3, 0.4) is 0 Å². The van der Waals surface area contributed by atoms with Crippen LogP contribution in [-0.4, -0.2) is 8.42 Å². The van der Waals surface area contributed by atoms with Gasteiger partial charge in [0.15, 0.2) is 0 Å². The molecule has 0 saturated carbocycles. The second-order valence-electron chi connectivity index (χ2n) is 3.55. The highest BCUT2D eigenvalue weighted by Crippen LogP contribution is 2.11. The SMILES string of the molecule is O=S(=O)(C#Cc1ccc(Cl)cc1)c1ccccc1. The number of benzene rings is 2. The van der Waals surface area contributed by atoms with Crippen molar-refractivity contribution < 1.29 is 8.42 Å². The Labute approximate surface area is 111 Å². The molecule has 0 heterocycles. The molecule has 2 rings (SSSR count). The maximum absolute atomic E-state index is 11.9. The van der Waals surface area contributed by atoms with Crippen LogP contribution in [0.15, 0.2) is 59.5 Å². The Kier molecular flexibility index (Phi) is 3.71. The lowest BCUT2D eigenvalue weighted by atomic mass is 10.2. The van der Waals surface area contributed by atoms with E-state index in [0.717, 1.165) is 0 Å². The van der Waals surface area contributed by atoms with Crippen LogP contribution in [0.2, 0.25) is 5.02 Å². The minimum atomic E-state index is -3.56. The number of hydrogen-bond acceptors (Lipinski definition) is 2. The third-order valence-electron chi connectivity index (χ3n) is 2.23. The normalized spacial score (nSPS) is 10.5. The maximum atomic E-state index is 11.9. The summed E-state index contributed by atoms with van der Waals surface area (Å²) in [5.41, 5.74) is 0.610. The van der Waals surface area contributed by atoms with Crippen LogP contribution in [0, 0.1) is 11.2 Å². The summed E-state index contributed by atoms with van der Waals surface area (Å²) in [6, 6.07) is 14.8. The lowest BCUT2D eigenvalue weighted by Crippen LogP contribution is -1.96. The molecule has 4 heteroatoms. The largest absolute Gasteiger partial charge is 0.245 e. The van der Waals surface area contributed by atoms with Crippen LogP contribution < -0.4 is 0 Å². The summed E-state index contributed by atoms with van der Waals surface area (Å²) in [6.07, 6.45) is 0. The van der Waals surface area contributed by atoms with Gasteiger partial charge in [-0.1, -0.05) is 29.8 Å². The van der Waals surface area contributed by atoms with Crippen molar-refractivity contribution >= 4 is 21.4 Å². The van der Waals surface area contributed by atoms with E-state index < -0.39 is 9.84 Å². The van der Waals surface area contributed by atoms with Gasteiger partial charge in [0.05, 0.1) is 4.90 Å². The highest BCUT2D eigenvalue weighted by molar-refractivity contribution is 7.96. The van der Waals surface area contributed by atoms with Gasteiger partial charge in [0.2, 0.25) is 9.84 Å². The van der Waals surface area contributed by atoms with Crippen molar-refractivity contribution in [2.45, 2.75) is 4.90 Å². The van der Waals surface area contributed by atoms with Crippen LogP contribution in [-0.2, 0) is 9.84 Å². The van der Waals surface area contributed by atoms with E-state index in [2.05, 4.69) is 11.2 Å². The van der Waals surface area contributed by atoms with E-state index in [-0.39, 0.29) is 4.90 Å². The highest BCUT2D eigenvalue weighted by atomic mass is 35.5. The Hall–Kier alpha value is -1.76. The first-order valence-electron chi connectivity index (χ1n) is 5.16. The molecule has 0 aliphatic carbocycles. The van der Waals surface area contributed by atoms with E-state index in [0.29, 0.717) is 10.6 Å². The van der Waals surface area contributed by atoms with Gasteiger partial charge in [-0.15, -0.1) is 0 Å². The van der Waals surface area contributed by atoms with Gasteiger partial charge >= 0.3 is 0 Å². The molecule has 2 aromatic carbocycles. The Morgan fingerprint density at radius 1 is 0.889 bits per heavy atom. The second-order valence-corrected chi connectivity index (χ2v) is 5.67. The van der Waals surface area contributed by atoms with Gasteiger partial charge in [-0.3, -0.25) is 0 Å². The van der Waals surface area contributed by atoms with Gasteiger partial charge in [0.1, 0.15) is 0 Å². The highest BCUT2D eigenvalue weighted by Gasteiger charge is 2.08. The van der Waals surface area contributed by atoms with Crippen LogP contribution in [0.5, 0.6) is 0 Å². The Bertz CT molecular complexity index is 693. The zero-order valence-electron chi connectivity index (χ0n) is 9.30. The van der Waals surface area contributed by atoms with Crippen LogP contribution >= 0.6 is 11.6 Å². The number of halogens is 1. The Balaban J connectivity index is 2.33. The van der Waals surface area contributed by atoms with Crippen molar-refractivity contribution in [3.05, 3.63) is 65.2 Å². The molecule has 2 nitrogen and oxygen atoms in total. The van der Waals surface area contributed by atoms with Crippen molar-refractivity contribution in [2.24, 2.45) is 0 Å². The average Bonchev–Trinajstić information content (AvgIpc) is 2.39. The maximum Gasteiger partial charge on any atom is 0.245 e. The Morgan fingerprint density at radius 2 is 1.50 bits per heavy atom. The quantitative estimate of drug-likeness (QED) is 0.750. The van der Waals surface area contributed by atoms with Crippen molar-refractivity contribution in [3.8, 4) is 11.2 Å². The molecule has 0 N–H and O–H groups in total. The minimum absolute atomic E-state index is 0.200. The number of sulfone groups is 1. The summed E-state index contributed by atoms with van der Waals surface area (Å²) in [5.74, 6) is 2.61. The zero-order valence-corrected chi connectivity index (χ0v) is 10.9. The smallest absolute Gasteiger partial charge is 0.210 e. The first-order valence-corrected chi connectivity index (χ1v) is 7.02. The molecule has 0 fully saturated rings. The van der Waals surface area contributed by atoms with Gasteiger partial charge in [-0.05, 0) is 42.3 Å². The summed E-state index contributed by atoms with van der Waals surface area (Å²) in [5, 5.41) is 2.88. The van der Waals surface area contributed by atoms with E-state index in [9.17, 15) is 8.42 Å². The lowest BCUT2D eigenvalue weighted by molar-refractivity contribution is 0.606. The molecular formula is C14H9ClO2S. The van der Waals surface area contributed by atoms with E-state index in [1.807, 2.05) is 0 Å². The Morgan fingerprint density at radius 3 is 2.11 bits per heavy atom. The minimum Gasteiger partial charge on any atom is -0.210 e. The van der Waals surface area contributed by atoms with E-state index in [4.69, 9.17) is 11.6 Å². The van der Waals surface area contributed by atoms with E-state index >= 15 is 0 Å². The summed E-state index contributed by atoms with van der Waals surface area (Å²) >= 11 is 5.73. The third kappa shape index (κ3) is 3.13. The standard InChI is InChI=1S/C14H9ClO2S/c15-13-8-6-12(7-9-13)10-11-18(16,17)14-4-2-1-3-5-14/h1-9H. The van der Waals surface area contributed by atoms with Gasteiger partial charge in [0.25, 0.3) is 0 Å². The molecule has 0 spiro atoms. The fourth-order valence-electron chi connectivity index (χ4n) is 1.32. The molecule has 0 radical (unpaired) electrons. The molecule has 0 aliphatic heterocycles. The molecular weight excluding hydrogens is 268 g/mol. The summed E-state index contributed by atoms with van der Waals surface area (Å²) in [4.78, 5) is 0.200. The predicted octanol–water partition coefficient (Wildman–Crippen LogP) is 3.12. The monoisotopic (exact) mass is 276 g/mol. The zero-order chi connectivity index (χ0) is 13.0. The first kappa shape index (κ1) is 12.7. The van der Waals surface area contributed by atoms with E-state index in [1.54, 1.807) is 42.5 Å².